The van der Waals surface area contributed by atoms with Crippen LogP contribution in [0.5, 0.6) is 0 Å². The summed E-state index contributed by atoms with van der Waals surface area (Å²) in [5.41, 5.74) is 14.2. The van der Waals surface area contributed by atoms with E-state index in [9.17, 15) is 0 Å². The van der Waals surface area contributed by atoms with E-state index in [0.717, 1.165) is 56.9 Å². The zero-order valence-corrected chi connectivity index (χ0v) is 30.0. The van der Waals surface area contributed by atoms with Crippen molar-refractivity contribution >= 4 is 21.8 Å². The highest BCUT2D eigenvalue weighted by atomic mass is 15.0. The van der Waals surface area contributed by atoms with Crippen molar-refractivity contribution in [3.05, 3.63) is 199 Å². The lowest BCUT2D eigenvalue weighted by molar-refractivity contribution is 0.636. The minimum atomic E-state index is -0.225. The van der Waals surface area contributed by atoms with Crippen LogP contribution in [0.4, 0.5) is 0 Å². The normalized spacial score (nSPS) is 15.0. The van der Waals surface area contributed by atoms with Crippen molar-refractivity contribution in [1.82, 2.24) is 14.5 Å². The Kier molecular flexibility index (Phi) is 8.05. The lowest BCUT2D eigenvalue weighted by atomic mass is 9.75. The SMILES string of the molecule is C=C1/C=C\C=C/Cc2cc3c4cc(-c5cccc(-c6cc(-c7ccccc7)nc(-c7ccccc7)n6)c5)ccc4n(-c4ccccc4)c3cc2C1(C)C. The highest BCUT2D eigenvalue weighted by molar-refractivity contribution is 6.11. The Morgan fingerprint density at radius 1 is 0.547 bits per heavy atom. The molecule has 2 heterocycles. The lowest BCUT2D eigenvalue weighted by Crippen LogP contribution is -2.20. The van der Waals surface area contributed by atoms with E-state index in [1.165, 1.54) is 32.9 Å². The number of para-hydroxylation sites is 1. The molecule has 1 aliphatic rings. The minimum absolute atomic E-state index is 0.225. The van der Waals surface area contributed by atoms with Gasteiger partial charge in [0.15, 0.2) is 5.82 Å². The maximum absolute atomic E-state index is 5.11. The minimum Gasteiger partial charge on any atom is -0.309 e. The molecule has 0 radical (unpaired) electrons. The van der Waals surface area contributed by atoms with Crippen molar-refractivity contribution in [2.45, 2.75) is 25.7 Å². The van der Waals surface area contributed by atoms with E-state index in [1.807, 2.05) is 24.3 Å². The molecule has 0 aliphatic heterocycles. The number of rotatable bonds is 5. The van der Waals surface area contributed by atoms with E-state index in [0.29, 0.717) is 5.82 Å². The average molecular weight is 682 g/mol. The molecule has 0 N–H and O–H groups in total. The highest BCUT2D eigenvalue weighted by Gasteiger charge is 2.28. The van der Waals surface area contributed by atoms with Gasteiger partial charge < -0.3 is 4.57 Å². The van der Waals surface area contributed by atoms with Gasteiger partial charge in [-0.25, -0.2) is 9.97 Å². The first-order chi connectivity index (χ1) is 25.9. The van der Waals surface area contributed by atoms with Crippen molar-refractivity contribution in [2.24, 2.45) is 0 Å². The smallest absolute Gasteiger partial charge is 0.160 e. The first-order valence-electron chi connectivity index (χ1n) is 18.2. The summed E-state index contributed by atoms with van der Waals surface area (Å²) in [5, 5.41) is 2.48. The predicted molar refractivity (Wildman–Crippen MR) is 222 cm³/mol. The average Bonchev–Trinajstić information content (AvgIpc) is 3.55. The summed E-state index contributed by atoms with van der Waals surface area (Å²) >= 11 is 0. The van der Waals surface area contributed by atoms with E-state index < -0.39 is 0 Å². The topological polar surface area (TPSA) is 30.7 Å². The molecule has 3 nitrogen and oxygen atoms in total. The van der Waals surface area contributed by atoms with Gasteiger partial charge in [-0.05, 0) is 82.8 Å². The second kappa shape index (κ2) is 13.2. The van der Waals surface area contributed by atoms with Crippen molar-refractivity contribution in [3.8, 4) is 50.7 Å². The first-order valence-corrected chi connectivity index (χ1v) is 18.2. The molecule has 0 amide bonds. The van der Waals surface area contributed by atoms with Crippen LogP contribution in [0.2, 0.25) is 0 Å². The molecule has 0 spiro atoms. The number of nitrogens with zero attached hydrogens (tertiary/aromatic N) is 3. The maximum atomic E-state index is 5.11. The summed E-state index contributed by atoms with van der Waals surface area (Å²) < 4.78 is 2.42. The van der Waals surface area contributed by atoms with Gasteiger partial charge in [0, 0.05) is 38.6 Å². The number of hydrogen-bond donors (Lipinski definition) is 0. The van der Waals surface area contributed by atoms with Crippen LogP contribution >= 0.6 is 0 Å². The second-order valence-electron chi connectivity index (χ2n) is 14.3. The van der Waals surface area contributed by atoms with Gasteiger partial charge in [0.25, 0.3) is 0 Å². The summed E-state index contributed by atoms with van der Waals surface area (Å²) in [6.07, 6.45) is 9.52. The Labute approximate surface area is 311 Å². The molecule has 53 heavy (non-hydrogen) atoms. The van der Waals surface area contributed by atoms with Gasteiger partial charge in [-0.1, -0.05) is 148 Å². The van der Waals surface area contributed by atoms with Crippen LogP contribution in [-0.4, -0.2) is 14.5 Å². The zero-order valence-electron chi connectivity index (χ0n) is 30.0. The molecular weight excluding hydrogens is 643 g/mol. The van der Waals surface area contributed by atoms with Gasteiger partial charge in [0.1, 0.15) is 0 Å². The molecule has 8 aromatic rings. The number of aromatic nitrogens is 3. The van der Waals surface area contributed by atoms with E-state index >= 15 is 0 Å². The summed E-state index contributed by atoms with van der Waals surface area (Å²) in [4.78, 5) is 10.1. The van der Waals surface area contributed by atoms with Gasteiger partial charge in [-0.3, -0.25) is 0 Å². The van der Waals surface area contributed by atoms with Gasteiger partial charge in [-0.2, -0.15) is 0 Å². The van der Waals surface area contributed by atoms with Crippen LogP contribution in [0.25, 0.3) is 72.5 Å². The van der Waals surface area contributed by atoms with Crippen molar-refractivity contribution in [2.75, 3.05) is 0 Å². The second-order valence-corrected chi connectivity index (χ2v) is 14.3. The third-order valence-electron chi connectivity index (χ3n) is 10.7. The molecule has 0 saturated heterocycles. The third-order valence-corrected chi connectivity index (χ3v) is 10.7. The van der Waals surface area contributed by atoms with Crippen LogP contribution in [-0.2, 0) is 11.8 Å². The van der Waals surface area contributed by atoms with Crippen LogP contribution in [0.1, 0.15) is 25.0 Å². The fourth-order valence-corrected chi connectivity index (χ4v) is 7.65. The van der Waals surface area contributed by atoms with E-state index in [2.05, 4.69) is 177 Å². The Hall–Kier alpha value is -6.58. The molecule has 6 aromatic carbocycles. The fraction of sp³-hybridized carbons (Fsp3) is 0.0800. The lowest BCUT2D eigenvalue weighted by Gasteiger charge is -2.29. The summed E-state index contributed by atoms with van der Waals surface area (Å²) in [5.74, 6) is 0.713. The van der Waals surface area contributed by atoms with Gasteiger partial charge in [-0.15, -0.1) is 0 Å². The first kappa shape index (κ1) is 32.3. The van der Waals surface area contributed by atoms with Gasteiger partial charge >= 0.3 is 0 Å². The summed E-state index contributed by atoms with van der Waals surface area (Å²) in [7, 11) is 0. The molecule has 0 saturated carbocycles. The summed E-state index contributed by atoms with van der Waals surface area (Å²) in [6, 6.07) is 53.9. The Bertz CT molecular complexity index is 2660. The highest BCUT2D eigenvalue weighted by Crippen LogP contribution is 2.42. The van der Waals surface area contributed by atoms with Crippen LogP contribution in [0, 0.1) is 0 Å². The van der Waals surface area contributed by atoms with Crippen LogP contribution < -0.4 is 0 Å². The largest absolute Gasteiger partial charge is 0.309 e. The zero-order chi connectivity index (χ0) is 35.9. The number of allylic oxidation sites excluding steroid dienone is 5. The van der Waals surface area contributed by atoms with Gasteiger partial charge in [0.2, 0.25) is 0 Å². The van der Waals surface area contributed by atoms with E-state index in [1.54, 1.807) is 0 Å². The molecule has 1 aliphatic carbocycles. The molecule has 2 aromatic heterocycles. The van der Waals surface area contributed by atoms with E-state index in [-0.39, 0.29) is 5.41 Å². The third kappa shape index (κ3) is 5.91. The fourth-order valence-electron chi connectivity index (χ4n) is 7.65. The maximum Gasteiger partial charge on any atom is 0.160 e. The molecule has 0 atom stereocenters. The molecular formula is C50H39N3. The predicted octanol–water partition coefficient (Wildman–Crippen LogP) is 12.7. The summed E-state index contributed by atoms with van der Waals surface area (Å²) in [6.45, 7) is 9.07. The Balaban J connectivity index is 1.22. The number of fused-ring (bicyclic) bond motifs is 4. The number of hydrogen-bond acceptors (Lipinski definition) is 2. The Morgan fingerprint density at radius 3 is 1.92 bits per heavy atom. The molecule has 0 bridgehead atoms. The Morgan fingerprint density at radius 2 is 1.17 bits per heavy atom. The van der Waals surface area contributed by atoms with Crippen molar-refractivity contribution < 1.29 is 0 Å². The van der Waals surface area contributed by atoms with Crippen LogP contribution in [0.15, 0.2) is 188 Å². The van der Waals surface area contributed by atoms with Crippen molar-refractivity contribution in [1.29, 1.82) is 0 Å². The monoisotopic (exact) mass is 681 g/mol. The van der Waals surface area contributed by atoms with Crippen LogP contribution in [0.3, 0.4) is 0 Å². The van der Waals surface area contributed by atoms with E-state index in [4.69, 9.17) is 9.97 Å². The molecule has 0 fully saturated rings. The van der Waals surface area contributed by atoms with Gasteiger partial charge in [0.05, 0.1) is 22.4 Å². The molecule has 3 heteroatoms. The quantitative estimate of drug-likeness (QED) is 0.181. The molecule has 0 unspecified atom stereocenters. The standard InChI is InChI=1S/C50H39N3/c1-34-17-8-4-13-22-39-31-43-42-30-38(27-28-47(42)53(41-25-14-7-15-26-41)48(43)32-44(39)50(34,2)3)37-23-16-24-40(29-37)46-33-45(35-18-9-5-10-19-35)51-49(52-46)36-20-11-6-12-21-36/h4-21,23-33H,1,22H2,2-3H3/b13-4-,17-8-. The molecule has 254 valence electrons. The number of benzene rings is 6. The molecule has 9 rings (SSSR count). The van der Waals surface area contributed by atoms with Crippen molar-refractivity contribution in [3.63, 3.8) is 0 Å².